The summed E-state index contributed by atoms with van der Waals surface area (Å²) in [6.07, 6.45) is 0.394. The van der Waals surface area contributed by atoms with Crippen LogP contribution in [0.5, 0.6) is 28.7 Å². The molecule has 9 nitrogen and oxygen atoms in total. The Bertz CT molecular complexity index is 1080. The van der Waals surface area contributed by atoms with Crippen LogP contribution in [0.1, 0.15) is 11.6 Å². The molecule has 9 heteroatoms. The van der Waals surface area contributed by atoms with Gasteiger partial charge < -0.3 is 29.0 Å². The molecule has 1 amide bonds. The Kier molecular flexibility index (Phi) is 8.66. The highest BCUT2D eigenvalue weighted by atomic mass is 16.6. The van der Waals surface area contributed by atoms with Crippen LogP contribution in [0.25, 0.3) is 0 Å². The monoisotopic (exact) mass is 479 g/mol. The van der Waals surface area contributed by atoms with E-state index in [9.17, 15) is 14.4 Å². The van der Waals surface area contributed by atoms with Crippen LogP contribution in [0.2, 0.25) is 0 Å². The van der Waals surface area contributed by atoms with Gasteiger partial charge in [0.05, 0.1) is 27.4 Å². The van der Waals surface area contributed by atoms with Crippen molar-refractivity contribution in [1.82, 2.24) is 5.32 Å². The molecule has 0 spiro atoms. The topological polar surface area (TPSA) is 109 Å². The lowest BCUT2D eigenvalue weighted by Crippen LogP contribution is -2.41. The summed E-state index contributed by atoms with van der Waals surface area (Å²) < 4.78 is 26.6. The number of benzene rings is 3. The Labute approximate surface area is 202 Å². The fraction of sp³-hybridized carbons (Fsp3) is 0.192. The van der Waals surface area contributed by atoms with Crippen LogP contribution in [0, 0.1) is 5.92 Å². The van der Waals surface area contributed by atoms with E-state index in [0.29, 0.717) is 29.2 Å². The van der Waals surface area contributed by atoms with Gasteiger partial charge in [0, 0.05) is 5.56 Å². The lowest BCUT2D eigenvalue weighted by atomic mass is 9.92. The first-order chi connectivity index (χ1) is 17.0. The maximum Gasteiger partial charge on any atom is 0.328 e. The summed E-state index contributed by atoms with van der Waals surface area (Å²) in [4.78, 5) is 38.1. The molecule has 0 fully saturated rings. The van der Waals surface area contributed by atoms with E-state index in [0.717, 1.165) is 0 Å². The van der Waals surface area contributed by atoms with Crippen LogP contribution in [-0.4, -0.2) is 39.7 Å². The number of amides is 1. The number of carbonyl (C=O) groups is 3. The van der Waals surface area contributed by atoms with Crippen molar-refractivity contribution in [3.8, 4) is 28.7 Å². The molecular weight excluding hydrogens is 454 g/mol. The Hall–Kier alpha value is -4.53. The number of methoxy groups -OCH3 is 3. The van der Waals surface area contributed by atoms with Crippen LogP contribution >= 0.6 is 0 Å². The van der Waals surface area contributed by atoms with Crippen LogP contribution in [0.15, 0.2) is 72.8 Å². The smallest absolute Gasteiger partial charge is 0.328 e. The minimum absolute atomic E-state index is 0.183. The fourth-order valence-corrected chi connectivity index (χ4v) is 3.38. The Morgan fingerprint density at radius 1 is 0.686 bits per heavy atom. The lowest BCUT2D eigenvalue weighted by Gasteiger charge is -2.25. The van der Waals surface area contributed by atoms with E-state index >= 15 is 0 Å². The highest BCUT2D eigenvalue weighted by molar-refractivity contribution is 5.98. The molecule has 0 radical (unpaired) electrons. The Morgan fingerprint density at radius 3 is 1.57 bits per heavy atom. The normalized spacial score (nSPS) is 11.2. The number of hydrogen-bond acceptors (Lipinski definition) is 8. The van der Waals surface area contributed by atoms with Gasteiger partial charge in [0.25, 0.3) is 0 Å². The van der Waals surface area contributed by atoms with Gasteiger partial charge in [-0.2, -0.15) is 0 Å². The van der Waals surface area contributed by atoms with Crippen molar-refractivity contribution in [3.63, 3.8) is 0 Å². The molecule has 0 saturated heterocycles. The van der Waals surface area contributed by atoms with E-state index in [2.05, 4.69) is 5.32 Å². The minimum atomic E-state index is -1.57. The molecule has 1 atom stereocenters. The maximum atomic E-state index is 13.3. The molecule has 1 N–H and O–H groups in total. The van der Waals surface area contributed by atoms with E-state index in [-0.39, 0.29) is 11.5 Å². The molecule has 0 aliphatic carbocycles. The molecule has 0 bridgehead atoms. The second-order valence-electron chi connectivity index (χ2n) is 7.18. The third kappa shape index (κ3) is 6.29. The second kappa shape index (κ2) is 12.1. The van der Waals surface area contributed by atoms with Crippen LogP contribution < -0.4 is 29.0 Å². The van der Waals surface area contributed by atoms with Gasteiger partial charge in [0.1, 0.15) is 28.7 Å². The first-order valence-corrected chi connectivity index (χ1v) is 10.5. The van der Waals surface area contributed by atoms with E-state index in [4.69, 9.17) is 23.7 Å². The van der Waals surface area contributed by atoms with Crippen molar-refractivity contribution in [2.45, 2.75) is 6.04 Å². The van der Waals surface area contributed by atoms with E-state index < -0.39 is 23.9 Å². The molecule has 3 aromatic carbocycles. The number of rotatable bonds is 11. The number of nitrogens with one attached hydrogen (secondary N) is 1. The van der Waals surface area contributed by atoms with Crippen LogP contribution in [-0.2, 0) is 14.4 Å². The zero-order valence-corrected chi connectivity index (χ0v) is 19.4. The highest BCUT2D eigenvalue weighted by Crippen LogP contribution is 2.32. The van der Waals surface area contributed by atoms with Gasteiger partial charge in [-0.15, -0.1) is 0 Å². The maximum absolute atomic E-state index is 13.3. The molecule has 35 heavy (non-hydrogen) atoms. The molecular formula is C26H25NO8. The molecule has 3 rings (SSSR count). The molecule has 0 saturated carbocycles. The molecule has 3 aromatic rings. The third-order valence-electron chi connectivity index (χ3n) is 5.12. The predicted octanol–water partition coefficient (Wildman–Crippen LogP) is 3.33. The van der Waals surface area contributed by atoms with E-state index in [1.165, 1.54) is 45.6 Å². The van der Waals surface area contributed by atoms with Gasteiger partial charge in [-0.1, -0.05) is 18.2 Å². The molecule has 0 aliphatic rings. The van der Waals surface area contributed by atoms with Gasteiger partial charge in [0.2, 0.25) is 6.41 Å². The predicted molar refractivity (Wildman–Crippen MR) is 126 cm³/mol. The van der Waals surface area contributed by atoms with Crippen molar-refractivity contribution in [1.29, 1.82) is 0 Å². The van der Waals surface area contributed by atoms with E-state index in [1.54, 1.807) is 48.5 Å². The highest BCUT2D eigenvalue weighted by Gasteiger charge is 2.40. The summed E-state index contributed by atoms with van der Waals surface area (Å²) in [5.41, 5.74) is 0.394. The van der Waals surface area contributed by atoms with Gasteiger partial charge >= 0.3 is 11.9 Å². The fourth-order valence-electron chi connectivity index (χ4n) is 3.38. The van der Waals surface area contributed by atoms with Gasteiger partial charge in [-0.3, -0.25) is 14.4 Å². The first-order valence-electron chi connectivity index (χ1n) is 10.5. The Balaban J connectivity index is 1.98. The average molecular weight is 479 g/mol. The number of carbonyl (C=O) groups excluding carboxylic acids is 3. The lowest BCUT2D eigenvalue weighted by molar-refractivity contribution is -0.152. The number of hydrogen-bond donors (Lipinski definition) is 1. The summed E-state index contributed by atoms with van der Waals surface area (Å²) in [7, 11) is 4.46. The van der Waals surface area contributed by atoms with Crippen molar-refractivity contribution < 1.29 is 38.1 Å². The zero-order valence-electron chi connectivity index (χ0n) is 19.4. The average Bonchev–Trinajstić information content (AvgIpc) is 2.89. The molecule has 182 valence electrons. The summed E-state index contributed by atoms with van der Waals surface area (Å²) in [5, 5.41) is 2.54. The van der Waals surface area contributed by atoms with E-state index in [1.807, 2.05) is 0 Å². The number of para-hydroxylation sites is 1. The summed E-state index contributed by atoms with van der Waals surface area (Å²) >= 11 is 0. The van der Waals surface area contributed by atoms with Gasteiger partial charge in [0.15, 0.2) is 5.92 Å². The van der Waals surface area contributed by atoms with Crippen LogP contribution in [0.4, 0.5) is 0 Å². The second-order valence-corrected chi connectivity index (χ2v) is 7.18. The summed E-state index contributed by atoms with van der Waals surface area (Å²) in [6, 6.07) is 18.1. The number of ether oxygens (including phenoxy) is 5. The first kappa shape index (κ1) is 25.1. The van der Waals surface area contributed by atoms with Crippen molar-refractivity contribution in [2.75, 3.05) is 21.3 Å². The van der Waals surface area contributed by atoms with Crippen LogP contribution in [0.3, 0.4) is 0 Å². The molecule has 0 aliphatic heterocycles. The summed E-state index contributed by atoms with van der Waals surface area (Å²) in [5.74, 6) is -1.57. The van der Waals surface area contributed by atoms with Gasteiger partial charge in [-0.05, 0) is 54.6 Å². The Morgan fingerprint density at radius 2 is 1.14 bits per heavy atom. The standard InChI is InChI=1S/C26H25NO8/c1-31-17-8-12-19(13-9-17)34-25(29)23(26(30)35-20-14-10-18(32-2)11-15-20)24(27-16-28)21-6-4-5-7-22(21)33-3/h4-16,23-24H,1-3H3,(H,27,28)/t24-/m1/s1. The number of esters is 2. The SMILES string of the molecule is COc1ccc(OC(=O)C(C(=O)Oc2ccc(OC)cc2)[C@H](NC=O)c2ccccc2OC)cc1. The largest absolute Gasteiger partial charge is 0.497 e. The third-order valence-corrected chi connectivity index (χ3v) is 5.12. The van der Waals surface area contributed by atoms with Crippen molar-refractivity contribution in [2.24, 2.45) is 5.92 Å². The van der Waals surface area contributed by atoms with Crippen molar-refractivity contribution in [3.05, 3.63) is 78.4 Å². The zero-order chi connectivity index (χ0) is 25.2. The van der Waals surface area contributed by atoms with Gasteiger partial charge in [-0.25, -0.2) is 0 Å². The minimum Gasteiger partial charge on any atom is -0.497 e. The quantitative estimate of drug-likeness (QED) is 0.193. The molecule has 0 heterocycles. The van der Waals surface area contributed by atoms with Crippen molar-refractivity contribution >= 4 is 18.3 Å². The molecule has 0 aromatic heterocycles. The summed E-state index contributed by atoms with van der Waals surface area (Å²) in [6.45, 7) is 0. The molecule has 0 unspecified atom stereocenters.